The van der Waals surface area contributed by atoms with Gasteiger partial charge in [0.05, 0.1) is 0 Å². The summed E-state index contributed by atoms with van der Waals surface area (Å²) in [6, 6.07) is 18.9. The van der Waals surface area contributed by atoms with Gasteiger partial charge >= 0.3 is 5.97 Å². The molecule has 1 aliphatic rings. The Morgan fingerprint density at radius 3 is 2.21 bits per heavy atom. The lowest BCUT2D eigenvalue weighted by Gasteiger charge is -2.18. The van der Waals surface area contributed by atoms with Crippen LogP contribution in [0.3, 0.4) is 0 Å². The topological polar surface area (TPSA) is 51.8 Å². The van der Waals surface area contributed by atoms with Crippen molar-refractivity contribution in [2.24, 2.45) is 4.99 Å². The number of nitrogens with zero attached hydrogens (tertiary/aromatic N) is 1. The van der Waals surface area contributed by atoms with Gasteiger partial charge in [-0.15, -0.1) is 0 Å². The fraction of sp³-hybridized carbons (Fsp3) is 0.167. The molecule has 0 N–H and O–H groups in total. The number of hydrogen-bond donors (Lipinski definition) is 0. The number of ether oxygens (including phenoxy) is 1. The lowest BCUT2D eigenvalue weighted by atomic mass is 9.87. The van der Waals surface area contributed by atoms with Crippen molar-refractivity contribution in [1.29, 1.82) is 0 Å². The zero-order valence-electron chi connectivity index (χ0n) is 16.4. The van der Waals surface area contributed by atoms with E-state index >= 15 is 0 Å². The van der Waals surface area contributed by atoms with Crippen molar-refractivity contribution in [3.8, 4) is 11.3 Å². The van der Waals surface area contributed by atoms with Gasteiger partial charge in [-0.3, -0.25) is 0 Å². The van der Waals surface area contributed by atoms with Crippen LogP contribution >= 0.6 is 11.6 Å². The highest BCUT2D eigenvalue weighted by molar-refractivity contribution is 6.30. The molecule has 1 aliphatic heterocycles. The molecule has 0 fully saturated rings. The molecule has 3 aromatic rings. The van der Waals surface area contributed by atoms with E-state index in [2.05, 4.69) is 25.8 Å². The number of benzene rings is 2. The highest BCUT2D eigenvalue weighted by atomic mass is 35.5. The molecule has 4 nitrogen and oxygen atoms in total. The third-order valence-electron chi connectivity index (χ3n) is 4.65. The van der Waals surface area contributed by atoms with Gasteiger partial charge in [0.25, 0.3) is 0 Å². The third-order valence-corrected chi connectivity index (χ3v) is 4.90. The van der Waals surface area contributed by atoms with Gasteiger partial charge in [0.2, 0.25) is 5.90 Å². The van der Waals surface area contributed by atoms with E-state index in [0.717, 1.165) is 11.1 Å². The normalized spacial score (nSPS) is 15.5. The van der Waals surface area contributed by atoms with Gasteiger partial charge in [-0.05, 0) is 59.5 Å². The maximum Gasteiger partial charge on any atom is 0.363 e. The second-order valence-corrected chi connectivity index (χ2v) is 8.31. The molecule has 0 atom stereocenters. The summed E-state index contributed by atoms with van der Waals surface area (Å²) < 4.78 is 11.2. The van der Waals surface area contributed by atoms with Crippen LogP contribution in [0.1, 0.15) is 37.7 Å². The Morgan fingerprint density at radius 2 is 1.55 bits per heavy atom. The fourth-order valence-corrected chi connectivity index (χ4v) is 3.11. The van der Waals surface area contributed by atoms with Crippen LogP contribution in [-0.4, -0.2) is 11.9 Å². The van der Waals surface area contributed by atoms with E-state index in [4.69, 9.17) is 20.8 Å². The smallest absolute Gasteiger partial charge is 0.363 e. The average Bonchev–Trinajstić information content (AvgIpc) is 3.29. The Balaban J connectivity index is 1.57. The van der Waals surface area contributed by atoms with E-state index < -0.39 is 5.97 Å². The number of carbonyl (C=O) groups is 1. The number of furan rings is 1. The number of halogens is 1. The first-order valence-corrected chi connectivity index (χ1v) is 9.67. The summed E-state index contributed by atoms with van der Waals surface area (Å²) in [4.78, 5) is 16.6. The molecule has 146 valence electrons. The summed E-state index contributed by atoms with van der Waals surface area (Å²) in [5.74, 6) is 1.01. The molecule has 0 radical (unpaired) electrons. The van der Waals surface area contributed by atoms with E-state index in [9.17, 15) is 4.79 Å². The Bertz CT molecular complexity index is 1110. The molecule has 0 saturated carbocycles. The lowest BCUT2D eigenvalue weighted by molar-refractivity contribution is -0.129. The second-order valence-electron chi connectivity index (χ2n) is 7.87. The minimum absolute atomic E-state index is 0.0544. The number of rotatable bonds is 3. The van der Waals surface area contributed by atoms with E-state index in [1.807, 2.05) is 42.5 Å². The van der Waals surface area contributed by atoms with Crippen molar-refractivity contribution >= 4 is 29.5 Å². The van der Waals surface area contributed by atoms with Crippen LogP contribution in [0.4, 0.5) is 0 Å². The van der Waals surface area contributed by atoms with Crippen molar-refractivity contribution in [3.63, 3.8) is 0 Å². The maximum atomic E-state index is 12.2. The van der Waals surface area contributed by atoms with Crippen molar-refractivity contribution in [2.45, 2.75) is 26.2 Å². The first-order chi connectivity index (χ1) is 13.8. The summed E-state index contributed by atoms with van der Waals surface area (Å²) in [5, 5.41) is 0.661. The molecule has 29 heavy (non-hydrogen) atoms. The van der Waals surface area contributed by atoms with Crippen LogP contribution in [0, 0.1) is 0 Å². The first kappa shape index (κ1) is 19.2. The highest BCUT2D eigenvalue weighted by Gasteiger charge is 2.25. The number of hydrogen-bond acceptors (Lipinski definition) is 4. The SMILES string of the molecule is CC(C)(C)c1ccc(C2=N/C(=C\c3ccc(-c4ccc(Cl)cc4)o3)C(=O)O2)cc1. The van der Waals surface area contributed by atoms with Crippen LogP contribution in [-0.2, 0) is 14.9 Å². The molecule has 0 amide bonds. The van der Waals surface area contributed by atoms with Crippen LogP contribution < -0.4 is 0 Å². The molecule has 0 saturated heterocycles. The van der Waals surface area contributed by atoms with Gasteiger partial charge in [0.1, 0.15) is 11.5 Å². The molecule has 0 spiro atoms. The third kappa shape index (κ3) is 4.17. The Kier molecular flexibility index (Phi) is 4.89. The average molecular weight is 406 g/mol. The van der Waals surface area contributed by atoms with Crippen molar-refractivity contribution in [2.75, 3.05) is 0 Å². The van der Waals surface area contributed by atoms with Crippen LogP contribution in [0.25, 0.3) is 17.4 Å². The van der Waals surface area contributed by atoms with E-state index in [0.29, 0.717) is 22.4 Å². The van der Waals surface area contributed by atoms with Gasteiger partial charge in [0.15, 0.2) is 5.70 Å². The number of cyclic esters (lactones) is 1. The molecule has 5 heteroatoms. The van der Waals surface area contributed by atoms with Crippen LogP contribution in [0.2, 0.25) is 5.02 Å². The summed E-state index contributed by atoms with van der Waals surface area (Å²) in [5.41, 5.74) is 3.12. The van der Waals surface area contributed by atoms with Crippen LogP contribution in [0.5, 0.6) is 0 Å². The summed E-state index contributed by atoms with van der Waals surface area (Å²) in [6.45, 7) is 6.45. The summed E-state index contributed by atoms with van der Waals surface area (Å²) >= 11 is 5.92. The van der Waals surface area contributed by atoms with Crippen LogP contribution in [0.15, 0.2) is 75.8 Å². The van der Waals surface area contributed by atoms with E-state index in [1.165, 1.54) is 5.56 Å². The van der Waals surface area contributed by atoms with Crippen molar-refractivity contribution in [3.05, 3.63) is 88.3 Å². The van der Waals surface area contributed by atoms with E-state index in [1.54, 1.807) is 24.3 Å². The molecular weight excluding hydrogens is 386 g/mol. The quantitative estimate of drug-likeness (QED) is 0.382. The number of carbonyl (C=O) groups excluding carboxylic acids is 1. The Labute approximate surface area is 174 Å². The predicted octanol–water partition coefficient (Wildman–Crippen LogP) is 6.24. The zero-order chi connectivity index (χ0) is 20.6. The minimum atomic E-state index is -0.496. The largest absolute Gasteiger partial charge is 0.457 e. The molecule has 4 rings (SSSR count). The number of aliphatic imine (C=N–C) groups is 1. The molecule has 1 aromatic heterocycles. The molecule has 0 unspecified atom stereocenters. The van der Waals surface area contributed by atoms with Gasteiger partial charge in [-0.25, -0.2) is 9.79 Å². The van der Waals surface area contributed by atoms with Gasteiger partial charge < -0.3 is 9.15 Å². The van der Waals surface area contributed by atoms with E-state index in [-0.39, 0.29) is 11.1 Å². The molecule has 2 heterocycles. The molecule has 2 aromatic carbocycles. The molecule has 0 aliphatic carbocycles. The Morgan fingerprint density at radius 1 is 0.897 bits per heavy atom. The fourth-order valence-electron chi connectivity index (χ4n) is 2.98. The number of esters is 1. The van der Waals surface area contributed by atoms with Gasteiger partial charge in [-0.2, -0.15) is 0 Å². The minimum Gasteiger partial charge on any atom is -0.457 e. The van der Waals surface area contributed by atoms with Gasteiger partial charge in [0, 0.05) is 22.2 Å². The maximum absolute atomic E-state index is 12.2. The molecule has 0 bridgehead atoms. The predicted molar refractivity (Wildman–Crippen MR) is 115 cm³/mol. The van der Waals surface area contributed by atoms with Crippen molar-refractivity contribution in [1.82, 2.24) is 0 Å². The first-order valence-electron chi connectivity index (χ1n) is 9.29. The zero-order valence-corrected chi connectivity index (χ0v) is 17.2. The second kappa shape index (κ2) is 7.37. The highest BCUT2D eigenvalue weighted by Crippen LogP contribution is 2.27. The monoisotopic (exact) mass is 405 g/mol. The Hall–Kier alpha value is -3.11. The summed E-state index contributed by atoms with van der Waals surface area (Å²) in [6.07, 6.45) is 1.58. The lowest BCUT2D eigenvalue weighted by Crippen LogP contribution is -2.11. The standard InChI is InChI=1S/C24H20ClNO3/c1-24(2,3)17-8-4-16(5-9-17)22-26-20(23(27)29-22)14-19-12-13-21(28-19)15-6-10-18(25)11-7-15/h4-14H,1-3H3/b20-14-. The molecular formula is C24H20ClNO3. The van der Waals surface area contributed by atoms with Crippen molar-refractivity contribution < 1.29 is 13.9 Å². The summed E-state index contributed by atoms with van der Waals surface area (Å²) in [7, 11) is 0. The van der Waals surface area contributed by atoms with Gasteiger partial charge in [-0.1, -0.05) is 44.5 Å².